The minimum Gasteiger partial charge on any atom is -0.497 e. The normalized spacial score (nSPS) is 11.2. The van der Waals surface area contributed by atoms with Crippen LogP contribution >= 0.6 is 0 Å². The zero-order chi connectivity index (χ0) is 23.1. The standard InChI is InChI=1S/C23H21FN2O5S/c1-30-19-11-8-17(9-12-19)26-32(28,29)22-15-18(10-13-21(22)31-2)25-23(27)14-7-16-5-3-4-6-20(16)24/h3-15,26H,1-2H3,(H,25,27)/b14-7+. The van der Waals surface area contributed by atoms with Gasteiger partial charge in [0.15, 0.2) is 0 Å². The molecule has 0 aliphatic carbocycles. The van der Waals surface area contributed by atoms with E-state index in [1.54, 1.807) is 36.4 Å². The van der Waals surface area contributed by atoms with Crippen LogP contribution in [0.1, 0.15) is 5.56 Å². The lowest BCUT2D eigenvalue weighted by molar-refractivity contribution is -0.111. The summed E-state index contributed by atoms with van der Waals surface area (Å²) in [6.45, 7) is 0. The predicted molar refractivity (Wildman–Crippen MR) is 121 cm³/mol. The van der Waals surface area contributed by atoms with Crippen LogP contribution in [0.2, 0.25) is 0 Å². The van der Waals surface area contributed by atoms with Gasteiger partial charge >= 0.3 is 0 Å². The molecule has 3 aromatic rings. The maximum Gasteiger partial charge on any atom is 0.265 e. The minimum atomic E-state index is -4.03. The van der Waals surface area contributed by atoms with Crippen molar-refractivity contribution in [1.82, 2.24) is 0 Å². The molecule has 0 radical (unpaired) electrons. The molecule has 0 aliphatic rings. The van der Waals surface area contributed by atoms with E-state index in [1.807, 2.05) is 0 Å². The summed E-state index contributed by atoms with van der Waals surface area (Å²) >= 11 is 0. The van der Waals surface area contributed by atoms with E-state index in [9.17, 15) is 17.6 Å². The molecule has 2 N–H and O–H groups in total. The van der Waals surface area contributed by atoms with Crippen molar-refractivity contribution >= 4 is 33.4 Å². The van der Waals surface area contributed by atoms with Crippen LogP contribution in [0.4, 0.5) is 15.8 Å². The summed E-state index contributed by atoms with van der Waals surface area (Å²) in [5, 5.41) is 2.56. The van der Waals surface area contributed by atoms with Crippen LogP contribution in [0.15, 0.2) is 77.7 Å². The molecule has 166 valence electrons. The van der Waals surface area contributed by atoms with E-state index in [4.69, 9.17) is 9.47 Å². The van der Waals surface area contributed by atoms with Crippen molar-refractivity contribution in [2.24, 2.45) is 0 Å². The molecule has 0 saturated heterocycles. The summed E-state index contributed by atoms with van der Waals surface area (Å²) in [5.41, 5.74) is 0.809. The van der Waals surface area contributed by atoms with Crippen LogP contribution in [0.3, 0.4) is 0 Å². The second-order valence-corrected chi connectivity index (χ2v) is 8.19. The van der Waals surface area contributed by atoms with Crippen molar-refractivity contribution in [1.29, 1.82) is 0 Å². The third kappa shape index (κ3) is 5.64. The van der Waals surface area contributed by atoms with Gasteiger partial charge in [0.2, 0.25) is 5.91 Å². The Morgan fingerprint density at radius 2 is 1.62 bits per heavy atom. The van der Waals surface area contributed by atoms with Crippen molar-refractivity contribution in [2.75, 3.05) is 24.3 Å². The highest BCUT2D eigenvalue weighted by Gasteiger charge is 2.21. The third-order valence-corrected chi connectivity index (χ3v) is 5.78. The third-order valence-electron chi connectivity index (χ3n) is 4.38. The summed E-state index contributed by atoms with van der Waals surface area (Å²) < 4.78 is 52.2. The van der Waals surface area contributed by atoms with Crippen LogP contribution in [0.25, 0.3) is 6.08 Å². The number of ether oxygens (including phenoxy) is 2. The maximum atomic E-state index is 13.7. The highest BCUT2D eigenvalue weighted by atomic mass is 32.2. The number of halogens is 1. The highest BCUT2D eigenvalue weighted by Crippen LogP contribution is 2.29. The summed E-state index contributed by atoms with van der Waals surface area (Å²) in [4.78, 5) is 12.1. The lowest BCUT2D eigenvalue weighted by Gasteiger charge is -2.13. The Morgan fingerprint density at radius 3 is 2.28 bits per heavy atom. The molecule has 3 rings (SSSR count). The van der Waals surface area contributed by atoms with Crippen molar-refractivity contribution in [3.05, 3.63) is 84.2 Å². The van der Waals surface area contributed by atoms with Crippen LogP contribution in [-0.2, 0) is 14.8 Å². The highest BCUT2D eigenvalue weighted by molar-refractivity contribution is 7.92. The Morgan fingerprint density at radius 1 is 0.938 bits per heavy atom. The quantitative estimate of drug-likeness (QED) is 0.493. The van der Waals surface area contributed by atoms with Gasteiger partial charge in [0.05, 0.1) is 14.2 Å². The summed E-state index contributed by atoms with van der Waals surface area (Å²) in [6.07, 6.45) is 2.49. The molecular weight excluding hydrogens is 435 g/mol. The van der Waals surface area contributed by atoms with Crippen molar-refractivity contribution < 1.29 is 27.1 Å². The first-order chi connectivity index (χ1) is 15.3. The molecule has 32 heavy (non-hydrogen) atoms. The molecule has 1 amide bonds. The zero-order valence-electron chi connectivity index (χ0n) is 17.3. The van der Waals surface area contributed by atoms with E-state index in [2.05, 4.69) is 10.0 Å². The number of amides is 1. The Hall–Kier alpha value is -3.85. The molecule has 9 heteroatoms. The van der Waals surface area contributed by atoms with Gasteiger partial charge in [-0.05, 0) is 54.6 Å². The van der Waals surface area contributed by atoms with Crippen LogP contribution in [-0.4, -0.2) is 28.5 Å². The number of hydrogen-bond donors (Lipinski definition) is 2. The summed E-state index contributed by atoms with van der Waals surface area (Å²) in [5.74, 6) is -0.326. The van der Waals surface area contributed by atoms with Gasteiger partial charge in [0.1, 0.15) is 22.2 Å². The van der Waals surface area contributed by atoms with Gasteiger partial charge in [-0.2, -0.15) is 0 Å². The zero-order valence-corrected chi connectivity index (χ0v) is 18.1. The number of benzene rings is 3. The lowest BCUT2D eigenvalue weighted by Crippen LogP contribution is -2.15. The number of carbonyl (C=O) groups excluding carboxylic acids is 1. The second-order valence-electron chi connectivity index (χ2n) is 6.54. The number of methoxy groups -OCH3 is 2. The van der Waals surface area contributed by atoms with Gasteiger partial charge < -0.3 is 14.8 Å². The molecule has 0 saturated carbocycles. The molecule has 0 heterocycles. The number of hydrogen-bond acceptors (Lipinski definition) is 5. The molecule has 0 bridgehead atoms. The van der Waals surface area contributed by atoms with Gasteiger partial charge in [-0.25, -0.2) is 12.8 Å². The second kappa shape index (κ2) is 9.97. The van der Waals surface area contributed by atoms with Crippen LogP contribution < -0.4 is 19.5 Å². The smallest absolute Gasteiger partial charge is 0.265 e. The van der Waals surface area contributed by atoms with Gasteiger partial charge in [-0.3, -0.25) is 9.52 Å². The monoisotopic (exact) mass is 456 g/mol. The SMILES string of the molecule is COc1ccc(NS(=O)(=O)c2cc(NC(=O)/C=C/c3ccccc3F)ccc2OC)cc1. The molecule has 0 atom stereocenters. The first-order valence-electron chi connectivity index (χ1n) is 9.41. The molecule has 3 aromatic carbocycles. The van der Waals surface area contributed by atoms with Crippen LogP contribution in [0, 0.1) is 5.82 Å². The van der Waals surface area contributed by atoms with Gasteiger partial charge in [-0.1, -0.05) is 18.2 Å². The fourth-order valence-corrected chi connectivity index (χ4v) is 4.05. The largest absolute Gasteiger partial charge is 0.497 e. The first kappa shape index (κ1) is 22.8. The Labute approximate surface area is 185 Å². The number of anilines is 2. The van der Waals surface area contributed by atoms with E-state index in [0.29, 0.717) is 11.4 Å². The topological polar surface area (TPSA) is 93.7 Å². The predicted octanol–water partition coefficient (Wildman–Crippen LogP) is 4.30. The van der Waals surface area contributed by atoms with E-state index >= 15 is 0 Å². The molecular formula is C23H21FN2O5S. The molecule has 0 unspecified atom stereocenters. The molecule has 0 aromatic heterocycles. The lowest BCUT2D eigenvalue weighted by atomic mass is 10.2. The minimum absolute atomic E-state index is 0.103. The fourth-order valence-electron chi connectivity index (χ4n) is 2.79. The maximum absolute atomic E-state index is 13.7. The van der Waals surface area contributed by atoms with Crippen LogP contribution in [0.5, 0.6) is 11.5 Å². The Kier molecular flexibility index (Phi) is 7.11. The summed E-state index contributed by atoms with van der Waals surface area (Å²) in [7, 11) is -1.18. The Balaban J connectivity index is 1.81. The number of nitrogens with one attached hydrogen (secondary N) is 2. The molecule has 7 nitrogen and oxygen atoms in total. The van der Waals surface area contributed by atoms with E-state index in [0.717, 1.165) is 6.08 Å². The van der Waals surface area contributed by atoms with Gasteiger partial charge in [0.25, 0.3) is 10.0 Å². The van der Waals surface area contributed by atoms with E-state index in [-0.39, 0.29) is 21.9 Å². The Bertz CT molecular complexity index is 1240. The van der Waals surface area contributed by atoms with E-state index in [1.165, 1.54) is 50.6 Å². The summed E-state index contributed by atoms with van der Waals surface area (Å²) in [6, 6.07) is 16.6. The van der Waals surface area contributed by atoms with Gasteiger partial charge in [-0.15, -0.1) is 0 Å². The van der Waals surface area contributed by atoms with Crippen molar-refractivity contribution in [3.63, 3.8) is 0 Å². The average Bonchev–Trinajstić information content (AvgIpc) is 2.79. The van der Waals surface area contributed by atoms with Crippen molar-refractivity contribution in [2.45, 2.75) is 4.90 Å². The average molecular weight is 456 g/mol. The molecule has 0 fully saturated rings. The number of rotatable bonds is 8. The van der Waals surface area contributed by atoms with Crippen molar-refractivity contribution in [3.8, 4) is 11.5 Å². The van der Waals surface area contributed by atoms with Gasteiger partial charge in [0, 0.05) is 23.0 Å². The number of sulfonamides is 1. The molecule has 0 spiro atoms. The fraction of sp³-hybridized carbons (Fsp3) is 0.0870. The number of carbonyl (C=O) groups is 1. The first-order valence-corrected chi connectivity index (χ1v) is 10.9. The molecule has 0 aliphatic heterocycles. The van der Waals surface area contributed by atoms with E-state index < -0.39 is 21.7 Å².